The molecule has 0 heterocycles. The summed E-state index contributed by atoms with van der Waals surface area (Å²) < 4.78 is 5.15. The Hall–Kier alpha value is -1.92. The van der Waals surface area contributed by atoms with Crippen LogP contribution in [0.15, 0.2) is 18.2 Å². The fourth-order valence-electron chi connectivity index (χ4n) is 1.56. The van der Waals surface area contributed by atoms with Gasteiger partial charge < -0.3 is 20.1 Å². The largest absolute Gasteiger partial charge is 0.478 e. The first-order chi connectivity index (χ1) is 8.91. The summed E-state index contributed by atoms with van der Waals surface area (Å²) in [6.45, 7) is 2.03. The van der Waals surface area contributed by atoms with Gasteiger partial charge in [0, 0.05) is 0 Å². The molecule has 0 saturated carbocycles. The molecule has 19 heavy (non-hydrogen) atoms. The molecule has 0 aliphatic carbocycles. The maximum absolute atomic E-state index is 11.1. The van der Waals surface area contributed by atoms with Crippen molar-refractivity contribution in [3.63, 3.8) is 0 Å². The van der Waals surface area contributed by atoms with Gasteiger partial charge in [-0.1, -0.05) is 6.07 Å². The maximum atomic E-state index is 11.1. The first-order valence-electron chi connectivity index (χ1n) is 5.77. The van der Waals surface area contributed by atoms with Crippen LogP contribution in [0.25, 0.3) is 0 Å². The van der Waals surface area contributed by atoms with Gasteiger partial charge in [0.15, 0.2) is 0 Å². The fraction of sp³-hybridized carbons (Fsp3) is 0.385. The lowest BCUT2D eigenvalue weighted by atomic mass is 10.0. The summed E-state index contributed by atoms with van der Waals surface area (Å²) in [5, 5.41) is 26.9. The molecule has 1 atom stereocenters. The van der Waals surface area contributed by atoms with Gasteiger partial charge in [-0.15, -0.1) is 0 Å². The summed E-state index contributed by atoms with van der Waals surface area (Å²) in [5.41, 5.74) is 0.398. The van der Waals surface area contributed by atoms with Crippen molar-refractivity contribution >= 4 is 11.9 Å². The quantitative estimate of drug-likeness (QED) is 0.638. The van der Waals surface area contributed by atoms with Gasteiger partial charge >= 0.3 is 11.9 Å². The second-order valence-corrected chi connectivity index (χ2v) is 4.16. The van der Waals surface area contributed by atoms with Gasteiger partial charge in [0.05, 0.1) is 30.4 Å². The van der Waals surface area contributed by atoms with E-state index in [1.54, 1.807) is 6.92 Å². The van der Waals surface area contributed by atoms with Gasteiger partial charge in [0.1, 0.15) is 0 Å². The molecule has 6 heteroatoms. The van der Waals surface area contributed by atoms with Crippen LogP contribution in [0.4, 0.5) is 0 Å². The summed E-state index contributed by atoms with van der Waals surface area (Å²) in [6.07, 6.45) is -0.234. The van der Waals surface area contributed by atoms with Crippen LogP contribution in [-0.2, 0) is 11.2 Å². The Bertz CT molecular complexity index is 466. The highest BCUT2D eigenvalue weighted by Gasteiger charge is 2.13. The average Bonchev–Trinajstić information content (AvgIpc) is 2.34. The van der Waals surface area contributed by atoms with Crippen LogP contribution in [0.1, 0.15) is 33.2 Å². The number of hydrogen-bond acceptors (Lipinski definition) is 4. The highest BCUT2D eigenvalue weighted by Crippen LogP contribution is 2.13. The molecule has 104 valence electrons. The normalized spacial score (nSPS) is 12.1. The topological polar surface area (TPSA) is 104 Å². The van der Waals surface area contributed by atoms with Gasteiger partial charge in [-0.25, -0.2) is 9.59 Å². The van der Waals surface area contributed by atoms with Gasteiger partial charge in [0.2, 0.25) is 0 Å². The highest BCUT2D eigenvalue weighted by molar-refractivity contribution is 5.94. The Morgan fingerprint density at radius 1 is 1.26 bits per heavy atom. The maximum Gasteiger partial charge on any atom is 0.335 e. The van der Waals surface area contributed by atoms with Crippen LogP contribution < -0.4 is 0 Å². The van der Waals surface area contributed by atoms with E-state index in [-0.39, 0.29) is 24.3 Å². The number of benzene rings is 1. The second-order valence-electron chi connectivity index (χ2n) is 4.16. The van der Waals surface area contributed by atoms with Crippen molar-refractivity contribution in [3.8, 4) is 0 Å². The number of aromatic carboxylic acids is 2. The number of aliphatic hydroxyl groups is 1. The molecule has 0 radical (unpaired) electrons. The first kappa shape index (κ1) is 15.1. The van der Waals surface area contributed by atoms with E-state index >= 15 is 0 Å². The molecule has 1 aromatic carbocycles. The Kier molecular flexibility index (Phi) is 5.47. The van der Waals surface area contributed by atoms with Crippen LogP contribution in [0.5, 0.6) is 0 Å². The summed E-state index contributed by atoms with van der Waals surface area (Å²) in [4.78, 5) is 21.8. The van der Waals surface area contributed by atoms with Crippen LogP contribution in [0.2, 0.25) is 0 Å². The summed E-state index contributed by atoms with van der Waals surface area (Å²) in [5.74, 6) is -2.34. The zero-order valence-electron chi connectivity index (χ0n) is 10.5. The minimum Gasteiger partial charge on any atom is -0.478 e. The predicted octanol–water partition coefficient (Wildman–Crippen LogP) is 1.02. The molecule has 1 aromatic rings. The zero-order valence-corrected chi connectivity index (χ0v) is 10.5. The number of carbonyl (C=O) groups is 2. The van der Waals surface area contributed by atoms with Crippen LogP contribution in [0, 0.1) is 0 Å². The number of carboxylic acid groups (broad SMARTS) is 2. The van der Waals surface area contributed by atoms with E-state index in [0.29, 0.717) is 12.0 Å². The number of ether oxygens (including phenoxy) is 1. The summed E-state index contributed by atoms with van der Waals surface area (Å²) in [6, 6.07) is 3.96. The third-order valence-electron chi connectivity index (χ3n) is 2.46. The third-order valence-corrected chi connectivity index (χ3v) is 2.46. The molecule has 6 nitrogen and oxygen atoms in total. The van der Waals surface area contributed by atoms with Crippen molar-refractivity contribution in [2.75, 3.05) is 13.2 Å². The van der Waals surface area contributed by atoms with Crippen molar-refractivity contribution in [1.82, 2.24) is 0 Å². The second kappa shape index (κ2) is 6.86. The highest BCUT2D eigenvalue weighted by atomic mass is 16.5. The van der Waals surface area contributed by atoms with Crippen molar-refractivity contribution in [2.45, 2.75) is 19.4 Å². The lowest BCUT2D eigenvalue weighted by Gasteiger charge is -2.09. The zero-order chi connectivity index (χ0) is 14.4. The van der Waals surface area contributed by atoms with E-state index in [2.05, 4.69) is 0 Å². The molecule has 0 fully saturated rings. The summed E-state index contributed by atoms with van der Waals surface area (Å²) >= 11 is 0. The number of rotatable bonds is 7. The lowest BCUT2D eigenvalue weighted by molar-refractivity contribution is 0.0474. The molecule has 1 rings (SSSR count). The van der Waals surface area contributed by atoms with E-state index in [1.165, 1.54) is 12.1 Å². The Morgan fingerprint density at radius 3 is 2.47 bits per heavy atom. The van der Waals surface area contributed by atoms with Gasteiger partial charge in [-0.05, 0) is 31.0 Å². The minimum absolute atomic E-state index is 0.0412. The number of hydrogen-bond donors (Lipinski definition) is 3. The first-order valence-corrected chi connectivity index (χ1v) is 5.77. The molecule has 3 N–H and O–H groups in total. The standard InChI is InChI=1S/C13H16O6/c1-8(14)7-19-5-4-9-2-3-10(12(15)16)6-11(9)13(17)18/h2-3,6,8,14H,4-5,7H2,1H3,(H,15,16)(H,17,18). The van der Waals surface area contributed by atoms with Crippen LogP contribution in [-0.4, -0.2) is 46.6 Å². The smallest absolute Gasteiger partial charge is 0.335 e. The molecule has 1 unspecified atom stereocenters. The van der Waals surface area contributed by atoms with Gasteiger partial charge in [-0.3, -0.25) is 0 Å². The third kappa shape index (κ3) is 4.69. The van der Waals surface area contributed by atoms with Crippen LogP contribution >= 0.6 is 0 Å². The van der Waals surface area contributed by atoms with Crippen LogP contribution in [0.3, 0.4) is 0 Å². The van der Waals surface area contributed by atoms with E-state index < -0.39 is 18.0 Å². The molecule has 0 aliphatic heterocycles. The lowest BCUT2D eigenvalue weighted by Crippen LogP contribution is -2.13. The van der Waals surface area contributed by atoms with Crippen molar-refractivity contribution in [2.24, 2.45) is 0 Å². The van der Waals surface area contributed by atoms with Gasteiger partial charge in [0.25, 0.3) is 0 Å². The van der Waals surface area contributed by atoms with E-state index in [4.69, 9.17) is 20.1 Å². The molecular formula is C13H16O6. The Balaban J connectivity index is 2.77. The van der Waals surface area contributed by atoms with Gasteiger partial charge in [-0.2, -0.15) is 0 Å². The molecule has 0 spiro atoms. The molecule has 0 aromatic heterocycles. The molecule has 0 bridgehead atoms. The van der Waals surface area contributed by atoms with E-state index in [9.17, 15) is 9.59 Å². The molecule has 0 saturated heterocycles. The predicted molar refractivity (Wildman–Crippen MR) is 66.6 cm³/mol. The van der Waals surface area contributed by atoms with Crippen molar-refractivity contribution in [1.29, 1.82) is 0 Å². The molecular weight excluding hydrogens is 252 g/mol. The average molecular weight is 268 g/mol. The molecule has 0 amide bonds. The van der Waals surface area contributed by atoms with E-state index in [1.807, 2.05) is 0 Å². The minimum atomic E-state index is -1.17. The summed E-state index contributed by atoms with van der Waals surface area (Å²) in [7, 11) is 0. The number of aliphatic hydroxyl groups excluding tert-OH is 1. The van der Waals surface area contributed by atoms with Crippen molar-refractivity contribution in [3.05, 3.63) is 34.9 Å². The molecule has 0 aliphatic rings. The van der Waals surface area contributed by atoms with Crippen molar-refractivity contribution < 1.29 is 29.6 Å². The SMILES string of the molecule is CC(O)COCCc1ccc(C(=O)O)cc1C(=O)O. The number of carboxylic acids is 2. The Labute approximate surface area is 110 Å². The van der Waals surface area contributed by atoms with E-state index in [0.717, 1.165) is 6.07 Å². The Morgan fingerprint density at radius 2 is 1.95 bits per heavy atom. The monoisotopic (exact) mass is 268 g/mol. The fourth-order valence-corrected chi connectivity index (χ4v) is 1.56.